The van der Waals surface area contributed by atoms with Crippen molar-refractivity contribution < 1.29 is 4.42 Å². The molecule has 0 N–H and O–H groups in total. The Kier molecular flexibility index (Phi) is 9.43. The number of para-hydroxylation sites is 2. The molecule has 0 fully saturated rings. The Bertz CT molecular complexity index is 3920. The first-order valence-electron chi connectivity index (χ1n) is 22.9. The van der Waals surface area contributed by atoms with E-state index in [0.717, 1.165) is 111 Å². The highest BCUT2D eigenvalue weighted by atomic mass is 16.3. The molecule has 0 saturated heterocycles. The molecule has 5 nitrogen and oxygen atoms in total. The molecule has 68 heavy (non-hydrogen) atoms. The molecule has 0 aliphatic carbocycles. The van der Waals surface area contributed by atoms with Crippen LogP contribution in [0, 0.1) is 0 Å². The summed E-state index contributed by atoms with van der Waals surface area (Å²) in [4.78, 5) is 15.7. The third kappa shape index (κ3) is 6.68. The molecule has 3 heterocycles. The average molecular weight is 869 g/mol. The standard InChI is InChI=1S/C63H40N4O/c1-6-19-41(20-7-1)42-33-35-47(36-34-42)62-64-61(46-27-14-5-15-28-46)65-63(66-62)48-39-53(44-23-10-3-11-24-44)58(54(40-48)45-25-12-4-13-26-45)67-55-32-17-16-29-52(55)57-56(67)38-37-51-50-31-18-30-49(59(50)68-60(51)57)43-21-8-2-9-22-43/h1-40H. The summed E-state index contributed by atoms with van der Waals surface area (Å²) < 4.78 is 9.54. The minimum atomic E-state index is 0.585. The van der Waals surface area contributed by atoms with Gasteiger partial charge in [-0.15, -0.1) is 0 Å². The van der Waals surface area contributed by atoms with Crippen molar-refractivity contribution in [2.75, 3.05) is 0 Å². The third-order valence-electron chi connectivity index (χ3n) is 13.1. The van der Waals surface area contributed by atoms with Crippen molar-refractivity contribution in [3.63, 3.8) is 0 Å². The minimum absolute atomic E-state index is 0.585. The molecule has 0 unspecified atom stereocenters. The summed E-state index contributed by atoms with van der Waals surface area (Å²) in [5.74, 6) is 1.80. The molecule has 13 rings (SSSR count). The maximum absolute atomic E-state index is 7.10. The Hall–Kier alpha value is -9.19. The maximum Gasteiger partial charge on any atom is 0.164 e. The number of furan rings is 1. The van der Waals surface area contributed by atoms with E-state index >= 15 is 0 Å². The molecule has 3 aromatic heterocycles. The highest BCUT2D eigenvalue weighted by molar-refractivity contribution is 6.25. The van der Waals surface area contributed by atoms with Gasteiger partial charge in [0.1, 0.15) is 11.2 Å². The number of benzene rings is 10. The second kappa shape index (κ2) is 16.4. The van der Waals surface area contributed by atoms with Gasteiger partial charge in [0.05, 0.1) is 22.1 Å². The molecule has 0 saturated carbocycles. The van der Waals surface area contributed by atoms with Crippen LogP contribution >= 0.6 is 0 Å². The lowest BCUT2D eigenvalue weighted by molar-refractivity contribution is 0.674. The van der Waals surface area contributed by atoms with Gasteiger partial charge in [-0.1, -0.05) is 212 Å². The molecule has 13 aromatic rings. The SMILES string of the molecule is c1ccc(-c2ccc(-c3nc(-c4ccccc4)nc(-c4cc(-c5ccccc5)c(-n5c6ccccc6c6c7oc8c(-c9ccccc9)cccc8c7ccc65)c(-c5ccccc5)c4)n3)cc2)cc1. The van der Waals surface area contributed by atoms with Crippen LogP contribution in [0.1, 0.15) is 0 Å². The summed E-state index contributed by atoms with van der Waals surface area (Å²) >= 11 is 0. The lowest BCUT2D eigenvalue weighted by Gasteiger charge is -2.21. The second-order valence-corrected chi connectivity index (χ2v) is 17.1. The highest BCUT2D eigenvalue weighted by Crippen LogP contribution is 2.47. The fourth-order valence-electron chi connectivity index (χ4n) is 9.87. The van der Waals surface area contributed by atoms with Crippen LogP contribution in [-0.4, -0.2) is 19.5 Å². The number of nitrogens with zero attached hydrogens (tertiary/aromatic N) is 4. The summed E-state index contributed by atoms with van der Waals surface area (Å²) in [6.07, 6.45) is 0. The fourth-order valence-corrected chi connectivity index (χ4v) is 9.87. The fraction of sp³-hybridized carbons (Fsp3) is 0. The van der Waals surface area contributed by atoms with Crippen molar-refractivity contribution in [2.45, 2.75) is 0 Å². The molecular weight excluding hydrogens is 829 g/mol. The van der Waals surface area contributed by atoms with Gasteiger partial charge in [-0.2, -0.15) is 0 Å². The van der Waals surface area contributed by atoms with E-state index in [2.05, 4.69) is 223 Å². The zero-order chi connectivity index (χ0) is 45.0. The molecule has 0 atom stereocenters. The lowest BCUT2D eigenvalue weighted by Crippen LogP contribution is -2.04. The smallest absolute Gasteiger partial charge is 0.164 e. The first kappa shape index (κ1) is 39.2. The summed E-state index contributed by atoms with van der Waals surface area (Å²) in [5.41, 5.74) is 16.3. The number of hydrogen-bond acceptors (Lipinski definition) is 4. The van der Waals surface area contributed by atoms with Crippen LogP contribution in [0.3, 0.4) is 0 Å². The Morgan fingerprint density at radius 1 is 0.279 bits per heavy atom. The zero-order valence-corrected chi connectivity index (χ0v) is 36.8. The van der Waals surface area contributed by atoms with Gasteiger partial charge in [0, 0.05) is 49.5 Å². The molecule has 10 aromatic carbocycles. The van der Waals surface area contributed by atoms with Gasteiger partial charge in [-0.3, -0.25) is 0 Å². The van der Waals surface area contributed by atoms with Crippen molar-refractivity contribution in [3.05, 3.63) is 243 Å². The van der Waals surface area contributed by atoms with Crippen LogP contribution in [0.4, 0.5) is 0 Å². The number of hydrogen-bond donors (Lipinski definition) is 0. The summed E-state index contributed by atoms with van der Waals surface area (Å²) in [6, 6.07) is 85.1. The normalized spacial score (nSPS) is 11.5. The van der Waals surface area contributed by atoms with Crippen LogP contribution in [0.2, 0.25) is 0 Å². The average Bonchev–Trinajstić information content (AvgIpc) is 3.98. The first-order chi connectivity index (χ1) is 33.7. The van der Waals surface area contributed by atoms with Gasteiger partial charge in [0.15, 0.2) is 17.5 Å². The molecule has 5 heteroatoms. The zero-order valence-electron chi connectivity index (χ0n) is 36.8. The molecule has 318 valence electrons. The van der Waals surface area contributed by atoms with E-state index in [1.807, 2.05) is 24.3 Å². The Balaban J connectivity index is 1.09. The van der Waals surface area contributed by atoms with Crippen molar-refractivity contribution >= 4 is 43.7 Å². The Morgan fingerprint density at radius 2 is 0.706 bits per heavy atom. The predicted octanol–water partition coefficient (Wildman–Crippen LogP) is 16.5. The molecule has 0 aliphatic rings. The molecule has 0 bridgehead atoms. The van der Waals surface area contributed by atoms with Crippen LogP contribution in [0.25, 0.3) is 128 Å². The van der Waals surface area contributed by atoms with Gasteiger partial charge >= 0.3 is 0 Å². The van der Waals surface area contributed by atoms with Crippen LogP contribution in [-0.2, 0) is 0 Å². The van der Waals surface area contributed by atoms with E-state index < -0.39 is 0 Å². The molecular formula is C63H40N4O. The predicted molar refractivity (Wildman–Crippen MR) is 279 cm³/mol. The van der Waals surface area contributed by atoms with E-state index in [1.54, 1.807) is 0 Å². The topological polar surface area (TPSA) is 56.7 Å². The molecule has 0 aliphatic heterocycles. The second-order valence-electron chi connectivity index (χ2n) is 17.1. The van der Waals surface area contributed by atoms with Gasteiger partial charge in [0.2, 0.25) is 0 Å². The van der Waals surface area contributed by atoms with Crippen molar-refractivity contribution in [1.29, 1.82) is 0 Å². The monoisotopic (exact) mass is 868 g/mol. The van der Waals surface area contributed by atoms with E-state index in [-0.39, 0.29) is 0 Å². The largest absolute Gasteiger partial charge is 0.455 e. The molecule has 0 radical (unpaired) electrons. The van der Waals surface area contributed by atoms with E-state index in [0.29, 0.717) is 17.5 Å². The molecule has 0 spiro atoms. The summed E-state index contributed by atoms with van der Waals surface area (Å²) in [6.45, 7) is 0. The van der Waals surface area contributed by atoms with Gasteiger partial charge in [-0.25, -0.2) is 15.0 Å². The van der Waals surface area contributed by atoms with Crippen LogP contribution in [0.15, 0.2) is 247 Å². The summed E-state index contributed by atoms with van der Waals surface area (Å²) in [5, 5.41) is 4.37. The molecule has 0 amide bonds. The van der Waals surface area contributed by atoms with Crippen molar-refractivity contribution in [3.8, 4) is 84.4 Å². The van der Waals surface area contributed by atoms with E-state index in [9.17, 15) is 0 Å². The number of rotatable bonds is 8. The third-order valence-corrected chi connectivity index (χ3v) is 13.1. The number of aromatic nitrogens is 4. The minimum Gasteiger partial charge on any atom is -0.455 e. The van der Waals surface area contributed by atoms with Crippen LogP contribution in [0.5, 0.6) is 0 Å². The lowest BCUT2D eigenvalue weighted by atomic mass is 9.92. The van der Waals surface area contributed by atoms with Crippen LogP contribution < -0.4 is 0 Å². The van der Waals surface area contributed by atoms with E-state index in [1.165, 1.54) is 0 Å². The summed E-state index contributed by atoms with van der Waals surface area (Å²) in [7, 11) is 0. The van der Waals surface area contributed by atoms with Crippen molar-refractivity contribution in [1.82, 2.24) is 19.5 Å². The van der Waals surface area contributed by atoms with Gasteiger partial charge in [0.25, 0.3) is 0 Å². The highest BCUT2D eigenvalue weighted by Gasteiger charge is 2.25. The quantitative estimate of drug-likeness (QED) is 0.153. The Labute approximate surface area is 392 Å². The van der Waals surface area contributed by atoms with Gasteiger partial charge in [-0.05, 0) is 58.1 Å². The first-order valence-corrected chi connectivity index (χ1v) is 22.9. The number of fused-ring (bicyclic) bond motifs is 7. The van der Waals surface area contributed by atoms with E-state index in [4.69, 9.17) is 19.4 Å². The maximum atomic E-state index is 7.10. The van der Waals surface area contributed by atoms with Gasteiger partial charge < -0.3 is 8.98 Å². The van der Waals surface area contributed by atoms with Crippen molar-refractivity contribution in [2.24, 2.45) is 0 Å². The Morgan fingerprint density at radius 3 is 1.29 bits per heavy atom.